The molecule has 452 valence electrons. The zero-order chi connectivity index (χ0) is 58.9. The van der Waals surface area contributed by atoms with E-state index < -0.39 is 5.60 Å². The van der Waals surface area contributed by atoms with Crippen molar-refractivity contribution in [1.82, 2.24) is 40.0 Å². The molecule has 5 N–H and O–H groups in total. The largest absolute Gasteiger partial charge is 0.497 e. The summed E-state index contributed by atoms with van der Waals surface area (Å²) in [6, 6.07) is 28.4. The highest BCUT2D eigenvalue weighted by molar-refractivity contribution is 5.77. The molecule has 20 heteroatoms. The number of aryl methyl sites for hydroxylation is 2. The molecule has 20 nitrogen and oxygen atoms in total. The van der Waals surface area contributed by atoms with Gasteiger partial charge in [-0.25, -0.2) is 14.8 Å². The Morgan fingerprint density at radius 3 is 1.41 bits per heavy atom. The molecule has 1 amide bonds. The number of anilines is 4. The summed E-state index contributed by atoms with van der Waals surface area (Å²) in [5.74, 6) is 7.05. The highest BCUT2D eigenvalue weighted by Gasteiger charge is 2.34. The number of benzene rings is 4. The number of nitrogens with one attached hydrogen (secondary N) is 1. The summed E-state index contributed by atoms with van der Waals surface area (Å²) in [6.07, 6.45) is 3.34. The third-order valence-electron chi connectivity index (χ3n) is 16.7. The molecule has 0 bridgehead atoms. The van der Waals surface area contributed by atoms with Crippen molar-refractivity contribution in [3.05, 3.63) is 118 Å². The maximum Gasteiger partial charge on any atom is 0.410 e. The van der Waals surface area contributed by atoms with Crippen molar-refractivity contribution in [2.24, 2.45) is 11.8 Å². The summed E-state index contributed by atoms with van der Waals surface area (Å²) in [4.78, 5) is 42.4. The number of hydrogen-bond donors (Lipinski definition) is 3. The summed E-state index contributed by atoms with van der Waals surface area (Å²) in [6.45, 7) is 22.6. The van der Waals surface area contributed by atoms with Crippen LogP contribution in [0.3, 0.4) is 0 Å². The molecule has 4 fully saturated rings. The standard InChI is InChI=1S/C35H46N6O5.C30H38N6O3/c1-35(2,3)46-34(42)41-20-25(21-41)22-44-18-17-39-13-15-40(16-14-39)32-30-11-7-26-19-28(10-12-29(26)31(30)37-33(36)38-32)45-23-24-5-8-27(43-4)9-6-24;1-37-24-5-2-21(3-6-24)20-39-25-7-9-26-23(16-25)4-8-27-28(26)33-30(31)34-29(27)36-12-10-35(11-13-36)14-15-38-19-22-17-32-18-22/h5-6,8-10,12,19,25H,7,11,13-18,20-23H2,1-4H3,(H2,36,37,38);2-3,5-7,9,16,22,32H,4,8,10-15,17-20H2,1H3,(H2,31,33,34). The normalized spacial score (nSPS) is 17.0. The molecule has 2 aliphatic carbocycles. The SMILES string of the molecule is COc1ccc(COc2ccc3c(c2)CCc2c-3nc(N)nc2N2CCN(CCOCC3CN(C(=O)OC(C)(C)C)C3)CC2)cc1.COc1ccc(COc2ccc3c(c2)CCc2c-3nc(N)nc2N2CCN(CCOCC3CNC3)CC2)cc1. The number of likely N-dealkylation sites (tertiary alicyclic amines) is 1. The van der Waals surface area contributed by atoms with E-state index >= 15 is 0 Å². The number of fused-ring (bicyclic) bond motifs is 6. The van der Waals surface area contributed by atoms with Crippen LogP contribution >= 0.6 is 0 Å². The summed E-state index contributed by atoms with van der Waals surface area (Å²) in [5, 5.41) is 3.29. The molecule has 4 aliphatic heterocycles. The molecule has 0 spiro atoms. The van der Waals surface area contributed by atoms with Gasteiger partial charge in [-0.3, -0.25) is 9.80 Å². The summed E-state index contributed by atoms with van der Waals surface area (Å²) in [5.41, 5.74) is 23.2. The van der Waals surface area contributed by atoms with Crippen molar-refractivity contribution in [3.8, 4) is 45.5 Å². The van der Waals surface area contributed by atoms with Crippen LogP contribution < -0.4 is 45.5 Å². The number of methoxy groups -OCH3 is 2. The molecular weight excluding hydrogens is 1080 g/mol. The molecule has 6 aromatic rings. The molecule has 0 atom stereocenters. The Morgan fingerprint density at radius 1 is 0.565 bits per heavy atom. The first-order chi connectivity index (χ1) is 41.3. The van der Waals surface area contributed by atoms with Gasteiger partial charge >= 0.3 is 6.09 Å². The lowest BCUT2D eigenvalue weighted by atomic mass is 9.88. The van der Waals surface area contributed by atoms with Gasteiger partial charge in [-0.2, -0.15) is 9.97 Å². The van der Waals surface area contributed by atoms with Crippen molar-refractivity contribution < 1.29 is 38.0 Å². The number of piperazine rings is 2. The first kappa shape index (κ1) is 59.2. The van der Waals surface area contributed by atoms with Crippen molar-refractivity contribution in [2.75, 3.05) is 154 Å². The van der Waals surface area contributed by atoms with Gasteiger partial charge in [0.2, 0.25) is 11.9 Å². The van der Waals surface area contributed by atoms with E-state index in [4.69, 9.17) is 64.6 Å². The predicted molar refractivity (Wildman–Crippen MR) is 330 cm³/mol. The van der Waals surface area contributed by atoms with Gasteiger partial charge in [-0.05, 0) is 129 Å². The van der Waals surface area contributed by atoms with Crippen LogP contribution in [0.25, 0.3) is 22.5 Å². The average Bonchev–Trinajstić information content (AvgIpc) is 1.59. The van der Waals surface area contributed by atoms with Crippen molar-refractivity contribution in [2.45, 2.75) is 65.3 Å². The monoisotopic (exact) mass is 1160 g/mol. The number of amides is 1. The van der Waals surface area contributed by atoms with Gasteiger partial charge in [0.1, 0.15) is 53.4 Å². The smallest absolute Gasteiger partial charge is 0.410 e. The van der Waals surface area contributed by atoms with E-state index in [0.29, 0.717) is 63.2 Å². The lowest BCUT2D eigenvalue weighted by Crippen LogP contribution is -2.53. The van der Waals surface area contributed by atoms with Crippen LogP contribution in [0.5, 0.6) is 23.0 Å². The summed E-state index contributed by atoms with van der Waals surface area (Å²) < 4.78 is 40.0. The zero-order valence-electron chi connectivity index (χ0n) is 50.2. The number of nitrogens with two attached hydrogens (primary N) is 2. The van der Waals surface area contributed by atoms with E-state index in [1.54, 1.807) is 19.1 Å². The molecule has 0 unspecified atom stereocenters. The second-order valence-electron chi connectivity index (χ2n) is 24.0. The second kappa shape index (κ2) is 27.3. The number of carbonyl (C=O) groups excluding carboxylic acids is 1. The van der Waals surface area contributed by atoms with E-state index in [9.17, 15) is 4.79 Å². The fraction of sp³-hybridized carbons (Fsp3) is 0.492. The van der Waals surface area contributed by atoms with E-state index in [1.807, 2.05) is 81.4 Å². The number of aromatic nitrogens is 4. The van der Waals surface area contributed by atoms with Crippen LogP contribution in [0, 0.1) is 11.8 Å². The Kier molecular flexibility index (Phi) is 19.0. The number of ether oxygens (including phenoxy) is 7. The van der Waals surface area contributed by atoms with Gasteiger partial charge < -0.3 is 64.6 Å². The van der Waals surface area contributed by atoms with E-state index in [0.717, 1.165) is 186 Å². The fourth-order valence-electron chi connectivity index (χ4n) is 11.8. The fourth-order valence-corrected chi connectivity index (χ4v) is 11.8. The predicted octanol–water partition coefficient (Wildman–Crippen LogP) is 7.19. The molecule has 4 aromatic carbocycles. The Bertz CT molecular complexity index is 3210. The quantitative estimate of drug-likeness (QED) is 0.0646. The van der Waals surface area contributed by atoms with Crippen molar-refractivity contribution in [1.29, 1.82) is 0 Å². The van der Waals surface area contributed by atoms with Gasteiger partial charge in [-0.15, -0.1) is 0 Å². The molecule has 12 rings (SSSR count). The molecule has 4 saturated heterocycles. The molecule has 0 radical (unpaired) electrons. The van der Waals surface area contributed by atoms with Crippen molar-refractivity contribution >= 4 is 29.6 Å². The first-order valence-electron chi connectivity index (χ1n) is 30.2. The Labute approximate surface area is 500 Å². The van der Waals surface area contributed by atoms with E-state index in [-0.39, 0.29) is 6.09 Å². The lowest BCUT2D eigenvalue weighted by molar-refractivity contribution is -0.0222. The number of nitrogen functional groups attached to an aromatic ring is 2. The Hall–Kier alpha value is -7.49. The number of nitrogens with zero attached hydrogens (tertiary/aromatic N) is 9. The number of hydrogen-bond acceptors (Lipinski definition) is 19. The van der Waals surface area contributed by atoms with Crippen LogP contribution in [0.15, 0.2) is 84.9 Å². The molecule has 2 aromatic heterocycles. The minimum atomic E-state index is -0.465. The molecule has 0 saturated carbocycles. The van der Waals surface area contributed by atoms with Crippen LogP contribution in [-0.4, -0.2) is 179 Å². The third kappa shape index (κ3) is 15.1. The molecular formula is C65H84N12O8. The minimum absolute atomic E-state index is 0.238. The Morgan fingerprint density at radius 2 is 1.00 bits per heavy atom. The zero-order valence-corrected chi connectivity index (χ0v) is 50.2. The summed E-state index contributed by atoms with van der Waals surface area (Å²) in [7, 11) is 3.34. The van der Waals surface area contributed by atoms with E-state index in [1.165, 1.54) is 22.3 Å². The minimum Gasteiger partial charge on any atom is -0.497 e. The topological polar surface area (TPSA) is 214 Å². The summed E-state index contributed by atoms with van der Waals surface area (Å²) >= 11 is 0. The number of rotatable bonds is 20. The maximum atomic E-state index is 12.1. The third-order valence-corrected chi connectivity index (χ3v) is 16.7. The van der Waals surface area contributed by atoms with Crippen LogP contribution in [0.1, 0.15) is 54.2 Å². The van der Waals surface area contributed by atoms with Crippen molar-refractivity contribution in [3.63, 3.8) is 0 Å². The van der Waals surface area contributed by atoms with Crippen LogP contribution in [-0.2, 0) is 53.1 Å². The lowest BCUT2D eigenvalue weighted by Gasteiger charge is -2.40. The van der Waals surface area contributed by atoms with Gasteiger partial charge in [0.15, 0.2) is 0 Å². The van der Waals surface area contributed by atoms with Crippen LogP contribution in [0.2, 0.25) is 0 Å². The average molecular weight is 1160 g/mol. The molecule has 6 aliphatic rings. The molecule has 6 heterocycles. The van der Waals surface area contributed by atoms with Gasteiger partial charge in [-0.1, -0.05) is 24.3 Å². The van der Waals surface area contributed by atoms with E-state index in [2.05, 4.69) is 49.2 Å². The first-order valence-corrected chi connectivity index (χ1v) is 30.2. The van der Waals surface area contributed by atoms with Gasteiger partial charge in [0.05, 0.1) is 52.0 Å². The molecule has 85 heavy (non-hydrogen) atoms. The highest BCUT2D eigenvalue weighted by Crippen LogP contribution is 2.41. The van der Waals surface area contributed by atoms with Gasteiger partial charge in [0.25, 0.3) is 0 Å². The Balaban J connectivity index is 0.000000179. The second-order valence-corrected chi connectivity index (χ2v) is 24.0. The van der Waals surface area contributed by atoms with Crippen LogP contribution in [0.4, 0.5) is 28.3 Å². The highest BCUT2D eigenvalue weighted by atomic mass is 16.6. The number of carbonyl (C=O) groups is 1. The maximum absolute atomic E-state index is 12.1. The van der Waals surface area contributed by atoms with Gasteiger partial charge in [0, 0.05) is 126 Å².